The van der Waals surface area contributed by atoms with Crippen molar-refractivity contribution in [1.29, 1.82) is 5.26 Å². The topological polar surface area (TPSA) is 98.8 Å². The Morgan fingerprint density at radius 2 is 1.31 bits per heavy atom. The van der Waals surface area contributed by atoms with E-state index in [1.807, 2.05) is 97.1 Å². The van der Waals surface area contributed by atoms with E-state index in [2.05, 4.69) is 5.43 Å². The third-order valence-corrected chi connectivity index (χ3v) is 5.97. The molecule has 1 aliphatic heterocycles. The minimum atomic E-state index is -0.621. The van der Waals surface area contributed by atoms with Crippen LogP contribution in [0.15, 0.2) is 103 Å². The van der Waals surface area contributed by atoms with Crippen molar-refractivity contribution in [2.45, 2.75) is 44.2 Å². The lowest BCUT2D eigenvalue weighted by Crippen LogP contribution is -2.42. The van der Waals surface area contributed by atoms with Crippen molar-refractivity contribution in [3.8, 4) is 6.07 Å². The van der Waals surface area contributed by atoms with Gasteiger partial charge < -0.3 is 24.4 Å². The molecule has 3 aromatic rings. The van der Waals surface area contributed by atoms with E-state index in [0.29, 0.717) is 32.1 Å². The number of rotatable bonds is 12. The normalized spacial score (nSPS) is 21.7. The van der Waals surface area contributed by atoms with Crippen LogP contribution in [0.25, 0.3) is 0 Å². The van der Waals surface area contributed by atoms with E-state index in [9.17, 15) is 5.26 Å². The molecule has 1 fully saturated rings. The third kappa shape index (κ3) is 7.01. The average molecular weight is 486 g/mol. The van der Waals surface area contributed by atoms with E-state index < -0.39 is 24.4 Å². The molecule has 7 nitrogen and oxygen atoms in total. The quantitative estimate of drug-likeness (QED) is 0.227. The summed E-state index contributed by atoms with van der Waals surface area (Å²) in [6.07, 6.45) is -0.687. The van der Waals surface area contributed by atoms with Crippen LogP contribution in [0.3, 0.4) is 0 Å². The fraction of sp³-hybridized carbons (Fsp3) is 0.276. The maximum absolute atomic E-state index is 9.30. The van der Waals surface area contributed by atoms with Crippen molar-refractivity contribution in [2.24, 2.45) is 5.84 Å². The predicted octanol–water partition coefficient (Wildman–Crippen LogP) is 4.01. The fourth-order valence-electron chi connectivity index (χ4n) is 4.17. The van der Waals surface area contributed by atoms with Crippen molar-refractivity contribution in [1.82, 2.24) is 5.43 Å². The Bertz CT molecular complexity index is 1120. The number of nitrogens with two attached hydrogens (primary N) is 1. The highest BCUT2D eigenvalue weighted by Crippen LogP contribution is 2.32. The van der Waals surface area contributed by atoms with Crippen LogP contribution in [0.5, 0.6) is 0 Å². The zero-order chi connectivity index (χ0) is 25.0. The van der Waals surface area contributed by atoms with Crippen LogP contribution in [0, 0.1) is 11.3 Å². The molecule has 186 valence electrons. The second kappa shape index (κ2) is 13.5. The number of benzene rings is 3. The molecule has 1 heterocycles. The van der Waals surface area contributed by atoms with Gasteiger partial charge in [0, 0.05) is 6.08 Å². The van der Waals surface area contributed by atoms with Crippen molar-refractivity contribution < 1.29 is 18.9 Å². The lowest BCUT2D eigenvalue weighted by molar-refractivity contribution is -0.0897. The molecule has 0 aromatic heterocycles. The highest BCUT2D eigenvalue weighted by molar-refractivity contribution is 5.21. The molecule has 0 spiro atoms. The fourth-order valence-corrected chi connectivity index (χ4v) is 4.17. The lowest BCUT2D eigenvalue weighted by Gasteiger charge is -2.26. The van der Waals surface area contributed by atoms with E-state index >= 15 is 0 Å². The van der Waals surface area contributed by atoms with Gasteiger partial charge in [0.15, 0.2) is 0 Å². The van der Waals surface area contributed by atoms with Crippen LogP contribution in [-0.4, -0.2) is 31.0 Å². The number of nitriles is 1. The molecule has 0 radical (unpaired) electrons. The predicted molar refractivity (Wildman–Crippen MR) is 136 cm³/mol. The number of hydrogen-bond donors (Lipinski definition) is 2. The maximum atomic E-state index is 9.30. The van der Waals surface area contributed by atoms with Gasteiger partial charge in [-0.3, -0.25) is 5.84 Å². The summed E-state index contributed by atoms with van der Waals surface area (Å²) in [6, 6.07) is 31.8. The molecule has 36 heavy (non-hydrogen) atoms. The van der Waals surface area contributed by atoms with E-state index in [1.54, 1.807) is 0 Å². The van der Waals surface area contributed by atoms with Gasteiger partial charge in [-0.05, 0) is 16.7 Å². The summed E-state index contributed by atoms with van der Waals surface area (Å²) in [6.45, 7) is 1.48. The standard InChI is InChI=1S/C29H31N3O4/c30-17-16-25(32-31)27-29(35-20-24-14-8-3-9-15-24)28(34-19-23-12-6-2-7-13-23)26(36-27)21-33-18-22-10-4-1-5-11-22/h1-16,26-29,32H,18-21,31H2/b25-16-/t26-,27?,28-,29+/m1/s1. The van der Waals surface area contributed by atoms with Gasteiger partial charge in [-0.1, -0.05) is 91.0 Å². The number of allylic oxidation sites excluding steroid dienone is 1. The molecule has 1 aliphatic rings. The van der Waals surface area contributed by atoms with Crippen LogP contribution >= 0.6 is 0 Å². The second-order valence-electron chi connectivity index (χ2n) is 8.49. The Morgan fingerprint density at radius 1 is 0.806 bits per heavy atom. The van der Waals surface area contributed by atoms with Crippen molar-refractivity contribution >= 4 is 0 Å². The summed E-state index contributed by atoms with van der Waals surface area (Å²) in [5.41, 5.74) is 6.16. The summed E-state index contributed by atoms with van der Waals surface area (Å²) < 4.78 is 25.2. The van der Waals surface area contributed by atoms with Crippen LogP contribution in [0.2, 0.25) is 0 Å². The number of hydrogen-bond acceptors (Lipinski definition) is 7. The molecule has 4 atom stereocenters. The summed E-state index contributed by atoms with van der Waals surface area (Å²) >= 11 is 0. The number of nitrogens with one attached hydrogen (secondary N) is 1. The Labute approximate surface area is 212 Å². The highest BCUT2D eigenvalue weighted by atomic mass is 16.6. The van der Waals surface area contributed by atoms with Gasteiger partial charge in [0.25, 0.3) is 0 Å². The number of ether oxygens (including phenoxy) is 4. The van der Waals surface area contributed by atoms with Gasteiger partial charge >= 0.3 is 0 Å². The van der Waals surface area contributed by atoms with Crippen LogP contribution in [0.4, 0.5) is 0 Å². The SMILES string of the molecule is N#C/C=C(\NN)C1O[C@H](COCc2ccccc2)[C@@H](OCc2ccccc2)[C@H]1OCc1ccccc1. The molecular formula is C29H31N3O4. The Hall–Kier alpha value is -3.51. The molecule has 1 unspecified atom stereocenters. The Balaban J connectivity index is 1.54. The van der Waals surface area contributed by atoms with E-state index in [1.165, 1.54) is 6.08 Å². The molecule has 0 aliphatic carbocycles. The number of nitrogens with zero attached hydrogens (tertiary/aromatic N) is 1. The molecular weight excluding hydrogens is 454 g/mol. The zero-order valence-electron chi connectivity index (χ0n) is 20.0. The molecule has 0 amide bonds. The first-order valence-corrected chi connectivity index (χ1v) is 11.9. The summed E-state index contributed by atoms with van der Waals surface area (Å²) in [5, 5.41) is 9.30. The van der Waals surface area contributed by atoms with Crippen LogP contribution in [-0.2, 0) is 38.8 Å². The lowest BCUT2D eigenvalue weighted by atomic mass is 10.0. The largest absolute Gasteiger partial charge is 0.374 e. The molecule has 3 aromatic carbocycles. The monoisotopic (exact) mass is 485 g/mol. The van der Waals surface area contributed by atoms with E-state index in [4.69, 9.17) is 24.8 Å². The minimum Gasteiger partial charge on any atom is -0.374 e. The maximum Gasteiger partial charge on any atom is 0.128 e. The summed E-state index contributed by atoms with van der Waals surface area (Å²) in [4.78, 5) is 0. The Kier molecular flexibility index (Phi) is 9.62. The van der Waals surface area contributed by atoms with Crippen molar-refractivity contribution in [3.63, 3.8) is 0 Å². The van der Waals surface area contributed by atoms with Gasteiger partial charge in [-0.15, -0.1) is 0 Å². The number of hydrazine groups is 1. The second-order valence-corrected chi connectivity index (χ2v) is 8.49. The average Bonchev–Trinajstić information content (AvgIpc) is 3.28. The highest BCUT2D eigenvalue weighted by Gasteiger charge is 2.48. The first-order valence-electron chi connectivity index (χ1n) is 11.9. The van der Waals surface area contributed by atoms with E-state index in [-0.39, 0.29) is 0 Å². The summed E-state index contributed by atoms with van der Waals surface area (Å²) in [5.74, 6) is 5.76. The molecule has 0 bridgehead atoms. The third-order valence-electron chi connectivity index (χ3n) is 5.97. The van der Waals surface area contributed by atoms with Crippen LogP contribution < -0.4 is 11.3 Å². The van der Waals surface area contributed by atoms with Gasteiger partial charge in [0.05, 0.1) is 38.2 Å². The van der Waals surface area contributed by atoms with Gasteiger partial charge in [-0.2, -0.15) is 5.26 Å². The van der Waals surface area contributed by atoms with Gasteiger partial charge in [0.2, 0.25) is 0 Å². The molecule has 7 heteroatoms. The van der Waals surface area contributed by atoms with Gasteiger partial charge in [-0.25, -0.2) is 0 Å². The smallest absolute Gasteiger partial charge is 0.128 e. The zero-order valence-corrected chi connectivity index (χ0v) is 20.0. The first-order chi connectivity index (χ1) is 17.8. The van der Waals surface area contributed by atoms with Gasteiger partial charge in [0.1, 0.15) is 24.4 Å². The molecule has 4 rings (SSSR count). The molecule has 0 saturated carbocycles. The minimum absolute atomic E-state index is 0.292. The molecule has 1 saturated heterocycles. The Morgan fingerprint density at radius 3 is 1.81 bits per heavy atom. The molecule has 3 N–H and O–H groups in total. The van der Waals surface area contributed by atoms with Crippen LogP contribution in [0.1, 0.15) is 16.7 Å². The first kappa shape index (κ1) is 25.6. The van der Waals surface area contributed by atoms with Crippen molar-refractivity contribution in [3.05, 3.63) is 119 Å². The van der Waals surface area contributed by atoms with E-state index in [0.717, 1.165) is 16.7 Å². The summed E-state index contributed by atoms with van der Waals surface area (Å²) in [7, 11) is 0. The van der Waals surface area contributed by atoms with Crippen molar-refractivity contribution in [2.75, 3.05) is 6.61 Å².